The van der Waals surface area contributed by atoms with Gasteiger partial charge in [0.05, 0.1) is 0 Å². The van der Waals surface area contributed by atoms with Gasteiger partial charge in [-0.1, -0.05) is 90.9 Å². The van der Waals surface area contributed by atoms with Crippen LogP contribution < -0.4 is 10.6 Å². The van der Waals surface area contributed by atoms with Crippen molar-refractivity contribution in [3.05, 3.63) is 0 Å². The smallest absolute Gasteiger partial charge is 0.407 e. The Labute approximate surface area is 223 Å². The minimum absolute atomic E-state index is 0.310. The second kappa shape index (κ2) is 19.6. The van der Waals surface area contributed by atoms with Gasteiger partial charge in [-0.2, -0.15) is 0 Å². The van der Waals surface area contributed by atoms with Gasteiger partial charge in [-0.15, -0.1) is 0 Å². The third-order valence-corrected chi connectivity index (χ3v) is 6.48. The van der Waals surface area contributed by atoms with Crippen molar-refractivity contribution in [3.8, 4) is 0 Å². The molecule has 6 heteroatoms. The van der Waals surface area contributed by atoms with Gasteiger partial charge in [0.2, 0.25) is 0 Å². The number of ether oxygens (including phenoxy) is 2. The van der Waals surface area contributed by atoms with E-state index in [1.807, 2.05) is 41.5 Å². The van der Waals surface area contributed by atoms with Crippen molar-refractivity contribution >= 4 is 12.2 Å². The average Bonchev–Trinajstić information content (AvgIpc) is 2.73. The topological polar surface area (TPSA) is 76.7 Å². The zero-order valence-corrected chi connectivity index (χ0v) is 25.1. The molecule has 0 heterocycles. The Morgan fingerprint density at radius 2 is 0.806 bits per heavy atom. The maximum absolute atomic E-state index is 11.6. The van der Waals surface area contributed by atoms with Crippen LogP contribution in [-0.2, 0) is 9.47 Å². The summed E-state index contributed by atoms with van der Waals surface area (Å²) in [6.07, 6.45) is 16.8. The van der Waals surface area contributed by atoms with Crippen LogP contribution in [0.25, 0.3) is 0 Å². The fourth-order valence-corrected chi connectivity index (χ4v) is 4.18. The van der Waals surface area contributed by atoms with Crippen LogP contribution in [0, 0.1) is 11.8 Å². The highest BCUT2D eigenvalue weighted by Gasteiger charge is 2.16. The normalized spacial score (nSPS) is 13.7. The maximum Gasteiger partial charge on any atom is 0.407 e. The minimum Gasteiger partial charge on any atom is -0.444 e. The summed E-state index contributed by atoms with van der Waals surface area (Å²) in [5.41, 5.74) is -0.855. The van der Waals surface area contributed by atoms with E-state index in [4.69, 9.17) is 9.47 Å². The first-order chi connectivity index (χ1) is 16.8. The molecule has 2 atom stereocenters. The SMILES string of the molecule is C[C@H](CCCCCCCCNC(=O)OC(C)(C)C)[C@@H](C)CCCCCCCCNC(=O)OC(C)(C)C. The summed E-state index contributed by atoms with van der Waals surface area (Å²) in [5.74, 6) is 1.61. The zero-order chi connectivity index (χ0) is 27.5. The Hall–Kier alpha value is -1.46. The summed E-state index contributed by atoms with van der Waals surface area (Å²) in [6.45, 7) is 17.6. The molecule has 0 aliphatic rings. The van der Waals surface area contributed by atoms with Crippen molar-refractivity contribution < 1.29 is 19.1 Å². The fraction of sp³-hybridized carbons (Fsp3) is 0.933. The van der Waals surface area contributed by atoms with Gasteiger partial charge in [0, 0.05) is 13.1 Å². The lowest BCUT2D eigenvalue weighted by molar-refractivity contribution is 0.0515. The Bertz CT molecular complexity index is 516. The molecule has 6 nitrogen and oxygen atoms in total. The van der Waals surface area contributed by atoms with E-state index in [1.54, 1.807) is 0 Å². The van der Waals surface area contributed by atoms with Crippen molar-refractivity contribution in [1.82, 2.24) is 10.6 Å². The number of carbonyl (C=O) groups is 2. The number of hydrogen-bond donors (Lipinski definition) is 2. The first-order valence-corrected chi connectivity index (χ1v) is 14.7. The van der Waals surface area contributed by atoms with E-state index in [0.717, 1.165) is 24.7 Å². The Balaban J connectivity index is 3.50. The molecule has 36 heavy (non-hydrogen) atoms. The predicted octanol–water partition coefficient (Wildman–Crippen LogP) is 8.77. The van der Waals surface area contributed by atoms with Gasteiger partial charge >= 0.3 is 12.2 Å². The standard InChI is InChI=1S/C30H60N2O4/c1-25(21-17-13-9-11-15-19-23-31-27(33)35-29(3,4)5)26(2)22-18-14-10-12-16-20-24-32-28(34)36-30(6,7)8/h25-26H,9-24H2,1-8H3,(H,31,33)(H,32,34)/t25-,26+. The number of rotatable bonds is 19. The zero-order valence-electron chi connectivity index (χ0n) is 25.1. The van der Waals surface area contributed by atoms with E-state index >= 15 is 0 Å². The van der Waals surface area contributed by atoms with Gasteiger partial charge < -0.3 is 20.1 Å². The van der Waals surface area contributed by atoms with Crippen LogP contribution >= 0.6 is 0 Å². The Morgan fingerprint density at radius 1 is 0.528 bits per heavy atom. The Morgan fingerprint density at radius 3 is 1.11 bits per heavy atom. The molecule has 0 radical (unpaired) electrons. The van der Waals surface area contributed by atoms with Gasteiger partial charge in [-0.3, -0.25) is 0 Å². The molecule has 2 amide bonds. The molecule has 0 aromatic rings. The first-order valence-electron chi connectivity index (χ1n) is 14.7. The number of unbranched alkanes of at least 4 members (excludes halogenated alkanes) is 10. The van der Waals surface area contributed by atoms with E-state index < -0.39 is 11.2 Å². The van der Waals surface area contributed by atoms with Gasteiger partial charge in [0.1, 0.15) is 11.2 Å². The summed E-state index contributed by atoms with van der Waals surface area (Å²) in [4.78, 5) is 23.2. The number of alkyl carbamates (subject to hydrolysis) is 2. The molecule has 0 spiro atoms. The van der Waals surface area contributed by atoms with Gasteiger partial charge in [0.25, 0.3) is 0 Å². The second-order valence-electron chi connectivity index (χ2n) is 12.6. The molecule has 0 saturated carbocycles. The van der Waals surface area contributed by atoms with E-state index in [0.29, 0.717) is 13.1 Å². The highest BCUT2D eigenvalue weighted by atomic mass is 16.6. The molecule has 0 aromatic heterocycles. The molecule has 0 fully saturated rings. The van der Waals surface area contributed by atoms with E-state index in [-0.39, 0.29) is 12.2 Å². The summed E-state index contributed by atoms with van der Waals surface area (Å²) in [5, 5.41) is 5.67. The van der Waals surface area contributed by atoms with Crippen LogP contribution in [-0.4, -0.2) is 36.5 Å². The van der Waals surface area contributed by atoms with Crippen LogP contribution in [0.3, 0.4) is 0 Å². The molecule has 0 unspecified atom stereocenters. The van der Waals surface area contributed by atoms with Crippen LogP contribution in [0.5, 0.6) is 0 Å². The number of hydrogen-bond acceptors (Lipinski definition) is 4. The molecule has 214 valence electrons. The third kappa shape index (κ3) is 24.2. The second-order valence-corrected chi connectivity index (χ2v) is 12.6. The lowest BCUT2D eigenvalue weighted by Gasteiger charge is -2.20. The van der Waals surface area contributed by atoms with Crippen LogP contribution in [0.15, 0.2) is 0 Å². The quantitative estimate of drug-likeness (QED) is 0.170. The van der Waals surface area contributed by atoms with E-state index in [1.165, 1.54) is 77.0 Å². The summed E-state index contributed by atoms with van der Waals surface area (Å²) in [6, 6.07) is 0. The van der Waals surface area contributed by atoms with Gasteiger partial charge in [-0.05, 0) is 66.2 Å². The Kier molecular flexibility index (Phi) is 18.8. The lowest BCUT2D eigenvalue weighted by Crippen LogP contribution is -2.33. The monoisotopic (exact) mass is 512 g/mol. The van der Waals surface area contributed by atoms with E-state index in [2.05, 4.69) is 24.5 Å². The average molecular weight is 513 g/mol. The lowest BCUT2D eigenvalue weighted by atomic mass is 9.86. The molecule has 2 N–H and O–H groups in total. The van der Waals surface area contributed by atoms with Crippen molar-refractivity contribution in [2.75, 3.05) is 13.1 Å². The van der Waals surface area contributed by atoms with Crippen molar-refractivity contribution in [3.63, 3.8) is 0 Å². The maximum atomic E-state index is 11.6. The van der Waals surface area contributed by atoms with Crippen LogP contribution in [0.2, 0.25) is 0 Å². The van der Waals surface area contributed by atoms with Crippen molar-refractivity contribution in [1.29, 1.82) is 0 Å². The first kappa shape index (κ1) is 34.5. The fourth-order valence-electron chi connectivity index (χ4n) is 4.18. The highest BCUT2D eigenvalue weighted by Crippen LogP contribution is 2.24. The minimum atomic E-state index is -0.427. The molecule has 0 bridgehead atoms. The molecular formula is C30H60N2O4. The van der Waals surface area contributed by atoms with Crippen LogP contribution in [0.1, 0.15) is 145 Å². The third-order valence-electron chi connectivity index (χ3n) is 6.48. The summed E-state index contributed by atoms with van der Waals surface area (Å²) in [7, 11) is 0. The van der Waals surface area contributed by atoms with Crippen LogP contribution in [0.4, 0.5) is 9.59 Å². The van der Waals surface area contributed by atoms with Crippen molar-refractivity contribution in [2.45, 2.75) is 156 Å². The van der Waals surface area contributed by atoms with Crippen molar-refractivity contribution in [2.24, 2.45) is 11.8 Å². The number of nitrogens with one attached hydrogen (secondary N) is 2. The molecule has 0 rings (SSSR count). The highest BCUT2D eigenvalue weighted by molar-refractivity contribution is 5.67. The number of carbonyl (C=O) groups excluding carboxylic acids is 2. The molecule has 0 saturated heterocycles. The van der Waals surface area contributed by atoms with Gasteiger partial charge in [-0.25, -0.2) is 9.59 Å². The molecule has 0 aliphatic heterocycles. The summed E-state index contributed by atoms with van der Waals surface area (Å²) < 4.78 is 10.5. The largest absolute Gasteiger partial charge is 0.444 e. The van der Waals surface area contributed by atoms with E-state index in [9.17, 15) is 9.59 Å². The van der Waals surface area contributed by atoms with Gasteiger partial charge in [0.15, 0.2) is 0 Å². The molecule has 0 aromatic carbocycles. The molecular weight excluding hydrogens is 452 g/mol. The predicted molar refractivity (Wildman–Crippen MR) is 151 cm³/mol. The molecule has 0 aliphatic carbocycles. The number of amides is 2. The summed E-state index contributed by atoms with van der Waals surface area (Å²) >= 11 is 0.